The van der Waals surface area contributed by atoms with Crippen molar-refractivity contribution in [2.24, 2.45) is 0 Å². The topological polar surface area (TPSA) is 37.3 Å². The molecule has 0 aliphatic heterocycles. The first-order valence-electron chi connectivity index (χ1n) is 5.72. The molecule has 0 amide bonds. The van der Waals surface area contributed by atoms with Crippen LogP contribution in [0, 0.1) is 0 Å². The molecule has 2 aromatic rings. The van der Waals surface area contributed by atoms with Gasteiger partial charge in [-0.3, -0.25) is 0 Å². The molecule has 1 unspecified atom stereocenters. The Balaban J connectivity index is 2.09. The molecule has 3 heteroatoms. The van der Waals surface area contributed by atoms with E-state index in [2.05, 4.69) is 19.1 Å². The van der Waals surface area contributed by atoms with Crippen molar-refractivity contribution < 1.29 is 9.90 Å². The summed E-state index contributed by atoms with van der Waals surface area (Å²) >= 11 is 1.76. The van der Waals surface area contributed by atoms with Gasteiger partial charge in [0.2, 0.25) is 0 Å². The van der Waals surface area contributed by atoms with E-state index in [1.807, 2.05) is 30.3 Å². The van der Waals surface area contributed by atoms with E-state index in [0.29, 0.717) is 10.8 Å². The molecule has 0 bridgehead atoms. The van der Waals surface area contributed by atoms with E-state index < -0.39 is 5.97 Å². The highest BCUT2D eigenvalue weighted by Crippen LogP contribution is 2.34. The summed E-state index contributed by atoms with van der Waals surface area (Å²) in [6.45, 7) is 2.12. The molecule has 2 nitrogen and oxygen atoms in total. The van der Waals surface area contributed by atoms with Crippen molar-refractivity contribution in [2.75, 3.05) is 0 Å². The van der Waals surface area contributed by atoms with Crippen LogP contribution in [-0.2, 0) is 0 Å². The summed E-state index contributed by atoms with van der Waals surface area (Å²) in [7, 11) is 0. The zero-order chi connectivity index (χ0) is 13.0. The van der Waals surface area contributed by atoms with E-state index in [1.165, 1.54) is 4.90 Å². The van der Waals surface area contributed by atoms with Gasteiger partial charge in [0.25, 0.3) is 0 Å². The normalized spacial score (nSPS) is 12.1. The van der Waals surface area contributed by atoms with Crippen LogP contribution in [0.1, 0.15) is 28.1 Å². The summed E-state index contributed by atoms with van der Waals surface area (Å²) in [5.41, 5.74) is 1.46. The zero-order valence-corrected chi connectivity index (χ0v) is 10.9. The maximum atomic E-state index is 10.8. The number of hydrogen-bond acceptors (Lipinski definition) is 2. The second-order valence-electron chi connectivity index (χ2n) is 4.00. The summed E-state index contributed by atoms with van der Waals surface area (Å²) in [6, 6.07) is 17.2. The Morgan fingerprint density at radius 1 is 1.06 bits per heavy atom. The lowest BCUT2D eigenvalue weighted by atomic mass is 10.1. The second kappa shape index (κ2) is 5.74. The van der Waals surface area contributed by atoms with Gasteiger partial charge >= 0.3 is 5.97 Å². The van der Waals surface area contributed by atoms with Gasteiger partial charge in [-0.15, -0.1) is 11.8 Å². The minimum Gasteiger partial charge on any atom is -0.478 e. The molecule has 0 spiro atoms. The first-order chi connectivity index (χ1) is 8.66. The van der Waals surface area contributed by atoms with E-state index in [0.717, 1.165) is 5.56 Å². The highest BCUT2D eigenvalue weighted by Gasteiger charge is 2.08. The van der Waals surface area contributed by atoms with Crippen molar-refractivity contribution in [2.45, 2.75) is 17.1 Å². The van der Waals surface area contributed by atoms with Gasteiger partial charge in [-0.25, -0.2) is 4.79 Å². The fourth-order valence-corrected chi connectivity index (χ4v) is 2.68. The third-order valence-corrected chi connectivity index (χ3v) is 3.85. The van der Waals surface area contributed by atoms with Gasteiger partial charge in [0.1, 0.15) is 0 Å². The fourth-order valence-electron chi connectivity index (χ4n) is 1.67. The molecule has 2 rings (SSSR count). The monoisotopic (exact) mass is 258 g/mol. The van der Waals surface area contributed by atoms with Crippen LogP contribution in [0.25, 0.3) is 0 Å². The summed E-state index contributed by atoms with van der Waals surface area (Å²) in [4.78, 5) is 12.0. The van der Waals surface area contributed by atoms with Crippen molar-refractivity contribution in [1.29, 1.82) is 0 Å². The zero-order valence-electron chi connectivity index (χ0n) is 10.0. The van der Waals surface area contributed by atoms with Gasteiger partial charge in [0.15, 0.2) is 0 Å². The van der Waals surface area contributed by atoms with Crippen molar-refractivity contribution in [3.63, 3.8) is 0 Å². The lowest BCUT2D eigenvalue weighted by Crippen LogP contribution is -1.96. The summed E-state index contributed by atoms with van der Waals surface area (Å²) in [5.74, 6) is -0.884. The molecule has 1 atom stereocenters. The molecule has 0 aromatic heterocycles. The maximum absolute atomic E-state index is 10.8. The molecule has 0 saturated heterocycles. The van der Waals surface area contributed by atoms with Gasteiger partial charge < -0.3 is 5.11 Å². The third-order valence-electron chi connectivity index (χ3n) is 2.68. The third kappa shape index (κ3) is 3.14. The molecule has 0 heterocycles. The molecule has 0 fully saturated rings. The van der Waals surface area contributed by atoms with Crippen LogP contribution < -0.4 is 0 Å². The van der Waals surface area contributed by atoms with Crippen LogP contribution in [0.4, 0.5) is 0 Å². The Kier molecular flexibility index (Phi) is 4.05. The first kappa shape index (κ1) is 12.7. The molecule has 92 valence electrons. The van der Waals surface area contributed by atoms with Crippen LogP contribution >= 0.6 is 11.8 Å². The molecule has 0 radical (unpaired) electrons. The second-order valence-corrected chi connectivity index (χ2v) is 5.41. The molecular weight excluding hydrogens is 244 g/mol. The summed E-state index contributed by atoms with van der Waals surface area (Å²) < 4.78 is 0. The highest BCUT2D eigenvalue weighted by atomic mass is 32.2. The van der Waals surface area contributed by atoms with E-state index in [-0.39, 0.29) is 0 Å². The Morgan fingerprint density at radius 2 is 1.67 bits per heavy atom. The SMILES string of the molecule is CC(Sc1ccccc1)c1ccc(C(=O)O)cc1. The molecule has 0 aliphatic rings. The van der Waals surface area contributed by atoms with E-state index in [4.69, 9.17) is 5.11 Å². The Morgan fingerprint density at radius 3 is 2.22 bits per heavy atom. The van der Waals surface area contributed by atoms with Gasteiger partial charge in [-0.1, -0.05) is 30.3 Å². The number of carboxylic acids is 1. The number of rotatable bonds is 4. The van der Waals surface area contributed by atoms with E-state index in [9.17, 15) is 4.79 Å². The number of aromatic carboxylic acids is 1. The lowest BCUT2D eigenvalue weighted by Gasteiger charge is -2.11. The fraction of sp³-hybridized carbons (Fsp3) is 0.133. The number of thioether (sulfide) groups is 1. The number of carboxylic acid groups (broad SMARTS) is 1. The predicted octanol–water partition coefficient (Wildman–Crippen LogP) is 4.24. The van der Waals surface area contributed by atoms with Gasteiger partial charge in [-0.05, 0) is 36.8 Å². The molecule has 0 saturated carbocycles. The van der Waals surface area contributed by atoms with Crippen molar-refractivity contribution >= 4 is 17.7 Å². The van der Waals surface area contributed by atoms with Crippen LogP contribution in [0.2, 0.25) is 0 Å². The van der Waals surface area contributed by atoms with Gasteiger partial charge in [0.05, 0.1) is 5.56 Å². The summed E-state index contributed by atoms with van der Waals surface area (Å²) in [5, 5.41) is 9.15. The number of carbonyl (C=O) groups is 1. The quantitative estimate of drug-likeness (QED) is 0.833. The maximum Gasteiger partial charge on any atom is 0.335 e. The van der Waals surface area contributed by atoms with Gasteiger partial charge in [0, 0.05) is 10.1 Å². The van der Waals surface area contributed by atoms with Crippen LogP contribution in [-0.4, -0.2) is 11.1 Å². The van der Waals surface area contributed by atoms with E-state index in [1.54, 1.807) is 23.9 Å². The Hall–Kier alpha value is -1.74. The predicted molar refractivity (Wildman–Crippen MR) is 74.1 cm³/mol. The van der Waals surface area contributed by atoms with Crippen molar-refractivity contribution in [1.82, 2.24) is 0 Å². The van der Waals surface area contributed by atoms with Crippen molar-refractivity contribution in [3.8, 4) is 0 Å². The average Bonchev–Trinajstić information content (AvgIpc) is 2.40. The highest BCUT2D eigenvalue weighted by molar-refractivity contribution is 7.99. The Bertz CT molecular complexity index is 520. The van der Waals surface area contributed by atoms with Crippen molar-refractivity contribution in [3.05, 3.63) is 65.7 Å². The van der Waals surface area contributed by atoms with Crippen LogP contribution in [0.3, 0.4) is 0 Å². The molecule has 1 N–H and O–H groups in total. The average molecular weight is 258 g/mol. The molecule has 0 aliphatic carbocycles. The smallest absolute Gasteiger partial charge is 0.335 e. The van der Waals surface area contributed by atoms with Gasteiger partial charge in [-0.2, -0.15) is 0 Å². The first-order valence-corrected chi connectivity index (χ1v) is 6.60. The van der Waals surface area contributed by atoms with Crippen LogP contribution in [0.15, 0.2) is 59.5 Å². The Labute approximate surface area is 111 Å². The standard InChI is InChI=1S/C15H14O2S/c1-11(18-14-5-3-2-4-6-14)12-7-9-13(10-8-12)15(16)17/h2-11H,1H3,(H,16,17). The largest absolute Gasteiger partial charge is 0.478 e. The van der Waals surface area contributed by atoms with Crippen LogP contribution in [0.5, 0.6) is 0 Å². The lowest BCUT2D eigenvalue weighted by molar-refractivity contribution is 0.0697. The minimum absolute atomic E-state index is 0.301. The summed E-state index contributed by atoms with van der Waals surface area (Å²) in [6.07, 6.45) is 0. The molecular formula is C15H14O2S. The molecule has 2 aromatic carbocycles. The number of benzene rings is 2. The van der Waals surface area contributed by atoms with E-state index >= 15 is 0 Å². The molecule has 18 heavy (non-hydrogen) atoms. The number of hydrogen-bond donors (Lipinski definition) is 1. The minimum atomic E-state index is -0.884.